The Morgan fingerprint density at radius 3 is 2.29 bits per heavy atom. The van der Waals surface area contributed by atoms with Crippen molar-refractivity contribution in [3.63, 3.8) is 0 Å². The van der Waals surface area contributed by atoms with Gasteiger partial charge in [-0.05, 0) is 13.8 Å². The number of ether oxygens (including phenoxy) is 1. The van der Waals surface area contributed by atoms with Gasteiger partial charge >= 0.3 is 11.9 Å². The summed E-state index contributed by atoms with van der Waals surface area (Å²) in [6.45, 7) is 3.50. The van der Waals surface area contributed by atoms with E-state index in [0.717, 1.165) is 0 Å². The molecule has 0 amide bonds. The minimum Gasteiger partial charge on any atom is -0.476 e. The van der Waals surface area contributed by atoms with E-state index in [1.165, 1.54) is 7.11 Å². The highest BCUT2D eigenvalue weighted by Gasteiger charge is 2.28. The Labute approximate surface area is 97.0 Å². The van der Waals surface area contributed by atoms with Gasteiger partial charge in [0, 0.05) is 7.11 Å². The van der Waals surface area contributed by atoms with Gasteiger partial charge in [0.15, 0.2) is 5.89 Å². The molecule has 0 unspecified atom stereocenters. The number of methoxy groups -OCH3 is 1. The van der Waals surface area contributed by atoms with Crippen molar-refractivity contribution in [3.05, 3.63) is 17.3 Å². The van der Waals surface area contributed by atoms with Gasteiger partial charge in [0.1, 0.15) is 0 Å². The first-order valence-electron chi connectivity index (χ1n) is 4.78. The van der Waals surface area contributed by atoms with Gasteiger partial charge in [-0.1, -0.05) is 0 Å². The lowest BCUT2D eigenvalue weighted by atomic mass is 10.1. The third-order valence-electron chi connectivity index (χ3n) is 2.20. The molecule has 1 aromatic rings. The predicted octanol–water partition coefficient (Wildman–Crippen LogP) is 1.04. The van der Waals surface area contributed by atoms with Crippen molar-refractivity contribution in [2.24, 2.45) is 0 Å². The van der Waals surface area contributed by atoms with E-state index in [2.05, 4.69) is 4.98 Å². The van der Waals surface area contributed by atoms with Crippen LogP contribution in [0.3, 0.4) is 0 Å². The molecule has 94 valence electrons. The van der Waals surface area contributed by atoms with Crippen LogP contribution >= 0.6 is 0 Å². The lowest BCUT2D eigenvalue weighted by molar-refractivity contribution is 0.0176. The Bertz CT molecular complexity index is 416. The largest absolute Gasteiger partial charge is 0.476 e. The fourth-order valence-corrected chi connectivity index (χ4v) is 1.17. The van der Waals surface area contributed by atoms with Crippen molar-refractivity contribution >= 4 is 11.9 Å². The number of rotatable bonds is 5. The summed E-state index contributed by atoms with van der Waals surface area (Å²) >= 11 is 0. The molecule has 0 aliphatic heterocycles. The van der Waals surface area contributed by atoms with E-state index >= 15 is 0 Å². The van der Waals surface area contributed by atoms with Gasteiger partial charge in [0.2, 0.25) is 11.5 Å². The number of hydrogen-bond donors (Lipinski definition) is 2. The average Bonchev–Trinajstić information content (AvgIpc) is 2.61. The number of hydrogen-bond acceptors (Lipinski definition) is 5. The molecule has 0 fully saturated rings. The number of nitrogens with zero attached hydrogens (tertiary/aromatic N) is 1. The highest BCUT2D eigenvalue weighted by atomic mass is 16.5. The fraction of sp³-hybridized carbons (Fsp3) is 0.500. The third kappa shape index (κ3) is 3.04. The summed E-state index contributed by atoms with van der Waals surface area (Å²) in [6.07, 6.45) is 0.178. The Kier molecular flexibility index (Phi) is 3.52. The number of aromatic nitrogens is 1. The molecule has 0 saturated heterocycles. The molecule has 2 N–H and O–H groups in total. The first kappa shape index (κ1) is 13.2. The Morgan fingerprint density at radius 2 is 1.94 bits per heavy atom. The van der Waals surface area contributed by atoms with Crippen molar-refractivity contribution in [1.29, 1.82) is 0 Å². The maximum Gasteiger partial charge on any atom is 0.374 e. The Balaban J connectivity index is 3.09. The van der Waals surface area contributed by atoms with Gasteiger partial charge in [-0.2, -0.15) is 0 Å². The van der Waals surface area contributed by atoms with Crippen LogP contribution in [-0.2, 0) is 11.2 Å². The summed E-state index contributed by atoms with van der Waals surface area (Å²) in [7, 11) is 1.49. The quantitative estimate of drug-likeness (QED) is 0.794. The molecule has 7 heteroatoms. The van der Waals surface area contributed by atoms with E-state index in [0.29, 0.717) is 0 Å². The summed E-state index contributed by atoms with van der Waals surface area (Å²) in [4.78, 5) is 25.1. The first-order valence-corrected chi connectivity index (χ1v) is 4.78. The molecule has 1 rings (SSSR count). The minimum absolute atomic E-state index is 0.0200. The molecule has 0 aromatic carbocycles. The Morgan fingerprint density at radius 1 is 1.35 bits per heavy atom. The normalized spacial score (nSPS) is 11.5. The molecule has 0 saturated carbocycles. The zero-order valence-electron chi connectivity index (χ0n) is 9.68. The minimum atomic E-state index is -1.46. The topological polar surface area (TPSA) is 110 Å². The van der Waals surface area contributed by atoms with Gasteiger partial charge in [-0.25, -0.2) is 14.6 Å². The summed E-state index contributed by atoms with van der Waals surface area (Å²) < 4.78 is 10.0. The van der Waals surface area contributed by atoms with E-state index in [4.69, 9.17) is 19.4 Å². The van der Waals surface area contributed by atoms with Crippen molar-refractivity contribution in [2.45, 2.75) is 25.9 Å². The molecular formula is C10H13NO6. The zero-order chi connectivity index (χ0) is 13.2. The second kappa shape index (κ2) is 4.54. The lowest BCUT2D eigenvalue weighted by Crippen LogP contribution is -2.25. The van der Waals surface area contributed by atoms with Crippen LogP contribution in [0.1, 0.15) is 40.8 Å². The standard InChI is InChI=1S/C10H13NO6/c1-10(2,16-3)4-5-11-6(8(12)13)7(17-5)9(14)15/h4H2,1-3H3,(H,12,13)(H,14,15). The fourth-order valence-electron chi connectivity index (χ4n) is 1.17. The predicted molar refractivity (Wildman–Crippen MR) is 55.2 cm³/mol. The molecule has 7 nitrogen and oxygen atoms in total. The Hall–Kier alpha value is -1.89. The maximum absolute atomic E-state index is 10.8. The lowest BCUT2D eigenvalue weighted by Gasteiger charge is -2.20. The molecule has 1 aromatic heterocycles. The summed E-state index contributed by atoms with van der Waals surface area (Å²) in [5.74, 6) is -3.55. The van der Waals surface area contributed by atoms with E-state index < -0.39 is 29.0 Å². The monoisotopic (exact) mass is 243 g/mol. The molecule has 1 heterocycles. The SMILES string of the molecule is COC(C)(C)Cc1nc(C(=O)O)c(C(=O)O)o1. The second-order valence-corrected chi connectivity index (χ2v) is 4.04. The molecule has 0 aliphatic rings. The van der Waals surface area contributed by atoms with Gasteiger partial charge in [0.25, 0.3) is 0 Å². The van der Waals surface area contributed by atoms with E-state index in [1.807, 2.05) is 0 Å². The third-order valence-corrected chi connectivity index (χ3v) is 2.20. The summed E-state index contributed by atoms with van der Waals surface area (Å²) in [5.41, 5.74) is -1.21. The van der Waals surface area contributed by atoms with Crippen LogP contribution in [0.25, 0.3) is 0 Å². The van der Waals surface area contributed by atoms with E-state index in [-0.39, 0.29) is 12.3 Å². The maximum atomic E-state index is 10.8. The van der Waals surface area contributed by atoms with Gasteiger partial charge < -0.3 is 19.4 Å². The molecule has 17 heavy (non-hydrogen) atoms. The molecular weight excluding hydrogens is 230 g/mol. The van der Waals surface area contributed by atoms with Crippen LogP contribution in [0.5, 0.6) is 0 Å². The van der Waals surface area contributed by atoms with Crippen molar-refractivity contribution < 1.29 is 29.0 Å². The second-order valence-electron chi connectivity index (χ2n) is 4.04. The number of aromatic carboxylic acids is 2. The van der Waals surface area contributed by atoms with Crippen LogP contribution < -0.4 is 0 Å². The van der Waals surface area contributed by atoms with Gasteiger partial charge in [-0.15, -0.1) is 0 Å². The van der Waals surface area contributed by atoms with E-state index in [1.54, 1.807) is 13.8 Å². The highest BCUT2D eigenvalue weighted by Crippen LogP contribution is 2.18. The van der Waals surface area contributed by atoms with E-state index in [9.17, 15) is 9.59 Å². The molecule has 0 spiro atoms. The summed E-state index contributed by atoms with van der Waals surface area (Å²) in [6, 6.07) is 0. The summed E-state index contributed by atoms with van der Waals surface area (Å²) in [5, 5.41) is 17.5. The van der Waals surface area contributed by atoms with Gasteiger partial charge in [0.05, 0.1) is 12.0 Å². The van der Waals surface area contributed by atoms with Crippen molar-refractivity contribution in [2.75, 3.05) is 7.11 Å². The number of oxazole rings is 1. The van der Waals surface area contributed by atoms with Crippen molar-refractivity contribution in [3.8, 4) is 0 Å². The highest BCUT2D eigenvalue weighted by molar-refractivity contribution is 5.98. The zero-order valence-corrected chi connectivity index (χ0v) is 9.68. The molecule has 0 bridgehead atoms. The molecule has 0 atom stereocenters. The van der Waals surface area contributed by atoms with Gasteiger partial charge in [-0.3, -0.25) is 0 Å². The van der Waals surface area contributed by atoms with Crippen LogP contribution in [0, 0.1) is 0 Å². The average molecular weight is 243 g/mol. The molecule has 0 radical (unpaired) electrons. The van der Waals surface area contributed by atoms with Crippen LogP contribution in [0.15, 0.2) is 4.42 Å². The number of carboxylic acid groups (broad SMARTS) is 2. The van der Waals surface area contributed by atoms with Crippen LogP contribution in [0.4, 0.5) is 0 Å². The van der Waals surface area contributed by atoms with Crippen molar-refractivity contribution in [1.82, 2.24) is 4.98 Å². The first-order chi connectivity index (χ1) is 7.76. The van der Waals surface area contributed by atoms with Crippen LogP contribution in [0.2, 0.25) is 0 Å². The number of carboxylic acids is 2. The number of carbonyl (C=O) groups is 2. The van der Waals surface area contributed by atoms with Crippen LogP contribution in [-0.4, -0.2) is 39.8 Å². The smallest absolute Gasteiger partial charge is 0.374 e. The molecule has 0 aliphatic carbocycles.